The number of hydrogen-bond donors (Lipinski definition) is 0. The minimum atomic E-state index is -0.339. The maximum atomic E-state index is 13.5. The first-order chi connectivity index (χ1) is 8.22. The third-order valence-electron chi connectivity index (χ3n) is 2.99. The molecule has 0 saturated carbocycles. The Morgan fingerprint density at radius 3 is 3.00 bits per heavy atom. The van der Waals surface area contributed by atoms with Crippen LogP contribution in [0.3, 0.4) is 0 Å². The molecule has 0 atom stereocenters. The molecule has 1 aliphatic rings. The number of hydrogen-bond acceptors (Lipinski definition) is 2. The number of aryl methyl sites for hydroxylation is 1. The average molecular weight is 236 g/mol. The number of carbonyl (C=O) groups excluding carboxylic acids is 1. The molecule has 0 fully saturated rings. The van der Waals surface area contributed by atoms with Crippen molar-refractivity contribution in [3.05, 3.63) is 29.1 Å². The number of fused-ring (bicyclic) bond motifs is 1. The van der Waals surface area contributed by atoms with Gasteiger partial charge < -0.3 is 4.74 Å². The molecular weight excluding hydrogens is 219 g/mol. The van der Waals surface area contributed by atoms with Crippen LogP contribution in [0.25, 0.3) is 0 Å². The average Bonchev–Trinajstić information content (AvgIpc) is 2.53. The topological polar surface area (TPSA) is 26.3 Å². The molecule has 0 saturated heterocycles. The Morgan fingerprint density at radius 2 is 2.24 bits per heavy atom. The summed E-state index contributed by atoms with van der Waals surface area (Å²) < 4.78 is 19.1. The molecule has 3 heteroatoms. The van der Waals surface area contributed by atoms with Crippen LogP contribution >= 0.6 is 0 Å². The number of halogens is 1. The molecule has 2 rings (SSSR count). The predicted molar refractivity (Wildman–Crippen MR) is 64.1 cm³/mol. The Kier molecular flexibility index (Phi) is 3.77. The predicted octanol–water partition coefficient (Wildman–Crippen LogP) is 3.52. The van der Waals surface area contributed by atoms with Crippen LogP contribution in [0.1, 0.15) is 48.5 Å². The lowest BCUT2D eigenvalue weighted by molar-refractivity contribution is 0.0977. The highest BCUT2D eigenvalue weighted by Crippen LogP contribution is 2.30. The summed E-state index contributed by atoms with van der Waals surface area (Å²) in [5.74, 6) is 0.251. The minimum Gasteiger partial charge on any atom is -0.493 e. The Morgan fingerprint density at radius 1 is 1.41 bits per heavy atom. The number of ether oxygens (including phenoxy) is 1. The van der Waals surface area contributed by atoms with E-state index in [2.05, 4.69) is 0 Å². The fourth-order valence-corrected chi connectivity index (χ4v) is 2.17. The number of ketones is 1. The molecule has 1 heterocycles. The molecule has 0 spiro atoms. The quantitative estimate of drug-likeness (QED) is 0.750. The summed E-state index contributed by atoms with van der Waals surface area (Å²) in [6.45, 7) is 2.56. The van der Waals surface area contributed by atoms with Crippen molar-refractivity contribution in [2.75, 3.05) is 6.61 Å². The molecule has 2 nitrogen and oxygen atoms in total. The molecule has 0 unspecified atom stereocenters. The van der Waals surface area contributed by atoms with Gasteiger partial charge in [0.1, 0.15) is 11.6 Å². The summed E-state index contributed by atoms with van der Waals surface area (Å²) in [6, 6.07) is 2.80. The van der Waals surface area contributed by atoms with Crippen LogP contribution in [0.15, 0.2) is 12.1 Å². The lowest BCUT2D eigenvalue weighted by Crippen LogP contribution is -2.06. The van der Waals surface area contributed by atoms with Gasteiger partial charge >= 0.3 is 0 Å². The van der Waals surface area contributed by atoms with E-state index < -0.39 is 0 Å². The van der Waals surface area contributed by atoms with Crippen molar-refractivity contribution in [2.45, 2.75) is 39.0 Å². The normalized spacial score (nSPS) is 14.7. The fourth-order valence-electron chi connectivity index (χ4n) is 2.17. The van der Waals surface area contributed by atoms with E-state index in [0.717, 1.165) is 31.2 Å². The summed E-state index contributed by atoms with van der Waals surface area (Å²) >= 11 is 0. The van der Waals surface area contributed by atoms with Gasteiger partial charge in [-0.1, -0.05) is 6.92 Å². The molecule has 0 amide bonds. The van der Waals surface area contributed by atoms with Crippen LogP contribution in [-0.4, -0.2) is 12.4 Å². The highest BCUT2D eigenvalue weighted by Gasteiger charge is 2.19. The Balaban J connectivity index is 2.43. The van der Waals surface area contributed by atoms with E-state index >= 15 is 0 Å². The Hall–Kier alpha value is -1.38. The lowest BCUT2D eigenvalue weighted by Gasteiger charge is -2.12. The van der Waals surface area contributed by atoms with Gasteiger partial charge in [0.05, 0.1) is 12.2 Å². The van der Waals surface area contributed by atoms with Crippen molar-refractivity contribution in [1.82, 2.24) is 0 Å². The number of carbonyl (C=O) groups is 1. The van der Waals surface area contributed by atoms with Crippen LogP contribution in [0, 0.1) is 5.82 Å². The standard InChI is InChI=1S/C14H17FO2/c1-2-5-13(16)12-9-11(15)8-10-6-3-4-7-17-14(10)12/h8-9H,2-7H2,1H3. The van der Waals surface area contributed by atoms with Gasteiger partial charge in [-0.2, -0.15) is 0 Å². The van der Waals surface area contributed by atoms with Crippen LogP contribution in [-0.2, 0) is 6.42 Å². The molecule has 1 aromatic rings. The summed E-state index contributed by atoms with van der Waals surface area (Å²) in [4.78, 5) is 11.9. The highest BCUT2D eigenvalue weighted by atomic mass is 19.1. The molecule has 0 bridgehead atoms. The van der Waals surface area contributed by atoms with Gasteiger partial charge in [0.2, 0.25) is 0 Å². The lowest BCUT2D eigenvalue weighted by atomic mass is 10.00. The summed E-state index contributed by atoms with van der Waals surface area (Å²) in [7, 11) is 0. The molecule has 0 aliphatic carbocycles. The second-order valence-electron chi connectivity index (χ2n) is 4.42. The molecule has 1 aromatic carbocycles. The van der Waals surface area contributed by atoms with Crippen LogP contribution in [0.4, 0.5) is 4.39 Å². The molecule has 0 N–H and O–H groups in total. The molecule has 17 heavy (non-hydrogen) atoms. The van der Waals surface area contributed by atoms with Crippen LogP contribution in [0.2, 0.25) is 0 Å². The molecule has 0 radical (unpaired) electrons. The number of Topliss-reactive ketones (excluding diaryl/α,β-unsaturated/α-hetero) is 1. The van der Waals surface area contributed by atoms with Gasteiger partial charge in [-0.15, -0.1) is 0 Å². The van der Waals surface area contributed by atoms with E-state index in [0.29, 0.717) is 24.3 Å². The van der Waals surface area contributed by atoms with E-state index in [4.69, 9.17) is 4.74 Å². The van der Waals surface area contributed by atoms with Crippen molar-refractivity contribution in [1.29, 1.82) is 0 Å². The van der Waals surface area contributed by atoms with Gasteiger partial charge in [-0.3, -0.25) is 4.79 Å². The zero-order chi connectivity index (χ0) is 12.3. The van der Waals surface area contributed by atoms with Gasteiger partial charge in [0, 0.05) is 6.42 Å². The zero-order valence-electron chi connectivity index (χ0n) is 10.1. The van der Waals surface area contributed by atoms with E-state index in [1.807, 2.05) is 6.92 Å². The Labute approximate surface area is 101 Å². The van der Waals surface area contributed by atoms with E-state index in [1.54, 1.807) is 0 Å². The van der Waals surface area contributed by atoms with Gasteiger partial charge in [0.15, 0.2) is 5.78 Å². The van der Waals surface area contributed by atoms with Crippen LogP contribution in [0.5, 0.6) is 5.75 Å². The molecule has 1 aliphatic heterocycles. The van der Waals surface area contributed by atoms with E-state index in [9.17, 15) is 9.18 Å². The number of benzene rings is 1. The van der Waals surface area contributed by atoms with Crippen molar-refractivity contribution in [2.24, 2.45) is 0 Å². The maximum Gasteiger partial charge on any atom is 0.166 e. The van der Waals surface area contributed by atoms with Gasteiger partial charge in [-0.25, -0.2) is 4.39 Å². The second-order valence-corrected chi connectivity index (χ2v) is 4.42. The second kappa shape index (κ2) is 5.30. The van der Waals surface area contributed by atoms with Crippen molar-refractivity contribution in [3.63, 3.8) is 0 Å². The largest absolute Gasteiger partial charge is 0.493 e. The number of rotatable bonds is 3. The Bertz CT molecular complexity index is 426. The summed E-state index contributed by atoms with van der Waals surface area (Å²) in [5.41, 5.74) is 1.26. The third kappa shape index (κ3) is 2.65. The monoisotopic (exact) mass is 236 g/mol. The summed E-state index contributed by atoms with van der Waals surface area (Å²) in [5, 5.41) is 0. The first kappa shape index (κ1) is 12.1. The van der Waals surface area contributed by atoms with Gasteiger partial charge in [0.25, 0.3) is 0 Å². The van der Waals surface area contributed by atoms with Crippen molar-refractivity contribution < 1.29 is 13.9 Å². The third-order valence-corrected chi connectivity index (χ3v) is 2.99. The first-order valence-corrected chi connectivity index (χ1v) is 6.20. The van der Waals surface area contributed by atoms with Crippen molar-refractivity contribution in [3.8, 4) is 5.75 Å². The van der Waals surface area contributed by atoms with Gasteiger partial charge in [-0.05, 0) is 43.4 Å². The first-order valence-electron chi connectivity index (χ1n) is 6.20. The maximum absolute atomic E-state index is 13.5. The summed E-state index contributed by atoms with van der Waals surface area (Å²) in [6.07, 6.45) is 3.94. The van der Waals surface area contributed by atoms with Crippen molar-refractivity contribution >= 4 is 5.78 Å². The SMILES string of the molecule is CCCC(=O)c1cc(F)cc2c1OCCCC2. The van der Waals surface area contributed by atoms with Crippen LogP contribution < -0.4 is 4.74 Å². The fraction of sp³-hybridized carbons (Fsp3) is 0.500. The minimum absolute atomic E-state index is 0.0230. The van der Waals surface area contributed by atoms with E-state index in [1.165, 1.54) is 12.1 Å². The van der Waals surface area contributed by atoms with E-state index in [-0.39, 0.29) is 11.6 Å². The molecular formula is C14H17FO2. The zero-order valence-corrected chi connectivity index (χ0v) is 10.1. The molecule has 92 valence electrons. The molecule has 0 aromatic heterocycles. The smallest absolute Gasteiger partial charge is 0.166 e. The highest BCUT2D eigenvalue weighted by molar-refractivity contribution is 5.99.